The predicted octanol–water partition coefficient (Wildman–Crippen LogP) is 6.26. The van der Waals surface area contributed by atoms with E-state index in [9.17, 15) is 28.6 Å². The van der Waals surface area contributed by atoms with Crippen molar-refractivity contribution in [2.75, 3.05) is 12.5 Å². The Morgan fingerprint density at radius 1 is 1.00 bits per heavy atom. The van der Waals surface area contributed by atoms with Gasteiger partial charge >= 0.3 is 5.97 Å². The maximum atomic E-state index is 13.4. The van der Waals surface area contributed by atoms with Gasteiger partial charge in [-0.05, 0) is 63.8 Å². The number of aliphatic carboxylic acids is 1. The number of ether oxygens (including phenoxy) is 2. The summed E-state index contributed by atoms with van der Waals surface area (Å²) in [5, 5.41) is 13.6. The number of nitrogens with zero attached hydrogens (tertiary/aromatic N) is 4. The summed E-state index contributed by atoms with van der Waals surface area (Å²) in [5.74, 6) is 0.577. The molecule has 0 spiro atoms. The standard InChI is InChI=1S/C19H22N4O5S.C18H28O3S/c1-18(2)13(17(26)27)21-14(24)12(16(21)29-18)22-15(25)11(10-8-6-5-7-9-10)23(20-28)19(22,3)4;1-3-4-5-6-7-8-11-22(19)15(2)12-16-9-10-17-18(13-16)21-14-20-17/h5-9,11-13,16H,1-4H3,(H,26,27);9-10,13,15H,3-8,11-12,14H2,1-2H3/t11?,12?,13-,16+;/m0./s1. The van der Waals surface area contributed by atoms with E-state index in [0.717, 1.165) is 30.1 Å². The van der Waals surface area contributed by atoms with Crippen molar-refractivity contribution in [2.45, 2.75) is 126 Å². The number of thioether (sulfide) groups is 1. The first-order valence-electron chi connectivity index (χ1n) is 17.7. The summed E-state index contributed by atoms with van der Waals surface area (Å²) >= 11 is 1.36. The maximum Gasteiger partial charge on any atom is 0.327 e. The molecule has 2 aromatic carbocycles. The highest BCUT2D eigenvalue weighted by Gasteiger charge is 2.69. The smallest absolute Gasteiger partial charge is 0.327 e. The molecule has 0 saturated carbocycles. The van der Waals surface area contributed by atoms with Gasteiger partial charge in [-0.2, -0.15) is 0 Å². The molecule has 6 atom stereocenters. The van der Waals surface area contributed by atoms with Gasteiger partial charge in [0.15, 0.2) is 17.5 Å². The SMILES string of the molecule is CC1(C)S[C@@H]2C(N3C(=O)C(c4ccccc4)N(N=O)C3(C)C)C(=O)N2[C@H]1C(=O)O.CCCCCCCCS(=O)C(C)Cc1ccc2c(c1)OCO2. The van der Waals surface area contributed by atoms with E-state index >= 15 is 0 Å². The minimum Gasteiger partial charge on any atom is -0.480 e. The van der Waals surface area contributed by atoms with Crippen LogP contribution < -0.4 is 9.47 Å². The largest absolute Gasteiger partial charge is 0.480 e. The van der Waals surface area contributed by atoms with Crippen LogP contribution in [0.4, 0.5) is 0 Å². The van der Waals surface area contributed by atoms with Crippen LogP contribution in [0.3, 0.4) is 0 Å². The Morgan fingerprint density at radius 3 is 2.33 bits per heavy atom. The summed E-state index contributed by atoms with van der Waals surface area (Å²) < 4.78 is 22.3. The second kappa shape index (κ2) is 15.9. The van der Waals surface area contributed by atoms with Gasteiger partial charge in [0.1, 0.15) is 23.1 Å². The second-order valence-corrected chi connectivity index (χ2v) is 18.3. The van der Waals surface area contributed by atoms with Gasteiger partial charge < -0.3 is 24.4 Å². The zero-order chi connectivity index (χ0) is 37.1. The fourth-order valence-electron chi connectivity index (χ4n) is 7.42. The highest BCUT2D eigenvalue weighted by atomic mass is 32.2. The number of carbonyl (C=O) groups is 3. The lowest BCUT2D eigenvalue weighted by atomic mass is 9.94. The molecule has 0 radical (unpaired) electrons. The predicted molar refractivity (Wildman–Crippen MR) is 197 cm³/mol. The van der Waals surface area contributed by atoms with Crippen LogP contribution in [0.15, 0.2) is 53.8 Å². The van der Waals surface area contributed by atoms with Crippen molar-refractivity contribution in [2.24, 2.45) is 5.29 Å². The van der Waals surface area contributed by atoms with E-state index in [-0.39, 0.29) is 5.25 Å². The van der Waals surface area contributed by atoms with Gasteiger partial charge in [0.2, 0.25) is 12.7 Å². The Bertz CT molecular complexity index is 1620. The lowest BCUT2D eigenvalue weighted by Crippen LogP contribution is -2.73. The molecule has 278 valence electrons. The highest BCUT2D eigenvalue weighted by molar-refractivity contribution is 8.01. The fraction of sp³-hybridized carbons (Fsp3) is 0.595. The van der Waals surface area contributed by atoms with Crippen LogP contribution >= 0.6 is 11.8 Å². The summed E-state index contributed by atoms with van der Waals surface area (Å²) in [4.78, 5) is 52.7. The lowest BCUT2D eigenvalue weighted by molar-refractivity contribution is -0.172. The van der Waals surface area contributed by atoms with Crippen molar-refractivity contribution in [3.05, 3.63) is 64.6 Å². The van der Waals surface area contributed by atoms with Crippen LogP contribution in [-0.4, -0.2) is 87.6 Å². The van der Waals surface area contributed by atoms with E-state index in [4.69, 9.17) is 9.47 Å². The zero-order valence-corrected chi connectivity index (χ0v) is 31.9. The van der Waals surface area contributed by atoms with Gasteiger partial charge in [0.25, 0.3) is 5.91 Å². The molecule has 14 heteroatoms. The molecular formula is C37H50N4O8S2. The minimum atomic E-state index is -1.14. The number of hydrogen-bond acceptors (Lipinski definition) is 9. The molecule has 4 aliphatic heterocycles. The van der Waals surface area contributed by atoms with Gasteiger partial charge in [-0.15, -0.1) is 16.7 Å². The Balaban J connectivity index is 0.000000206. The van der Waals surface area contributed by atoms with Crippen molar-refractivity contribution in [1.82, 2.24) is 14.8 Å². The molecule has 4 unspecified atom stereocenters. The molecule has 2 amide bonds. The Kier molecular flexibility index (Phi) is 12.1. The molecule has 3 saturated heterocycles. The zero-order valence-electron chi connectivity index (χ0n) is 30.3. The topological polar surface area (TPSA) is 146 Å². The van der Waals surface area contributed by atoms with Crippen LogP contribution in [0.5, 0.6) is 11.5 Å². The molecule has 2 aromatic rings. The summed E-state index contributed by atoms with van der Waals surface area (Å²) in [6, 6.07) is 12.1. The number of unbranched alkanes of at least 4 members (excludes halogenated alkanes) is 5. The average Bonchev–Trinajstić information content (AvgIpc) is 3.72. The van der Waals surface area contributed by atoms with Crippen molar-refractivity contribution in [3.63, 3.8) is 0 Å². The number of rotatable bonds is 14. The number of hydrogen-bond donors (Lipinski definition) is 1. The molecule has 0 aliphatic carbocycles. The molecule has 0 bridgehead atoms. The summed E-state index contributed by atoms with van der Waals surface area (Å²) in [6.45, 7) is 11.5. The number of fused-ring (bicyclic) bond motifs is 2. The monoisotopic (exact) mass is 742 g/mol. The quantitative estimate of drug-likeness (QED) is 0.134. The van der Waals surface area contributed by atoms with E-state index in [0.29, 0.717) is 12.4 Å². The van der Waals surface area contributed by atoms with Gasteiger partial charge in [0.05, 0.1) is 5.29 Å². The number of carbonyl (C=O) groups excluding carboxylic acids is 2. The molecule has 12 nitrogen and oxygen atoms in total. The van der Waals surface area contributed by atoms with Gasteiger partial charge in [-0.25, -0.2) is 9.80 Å². The van der Waals surface area contributed by atoms with Crippen molar-refractivity contribution >= 4 is 40.3 Å². The van der Waals surface area contributed by atoms with Gasteiger partial charge in [0, 0.05) is 26.5 Å². The Morgan fingerprint density at radius 2 is 1.67 bits per heavy atom. The summed E-state index contributed by atoms with van der Waals surface area (Å²) in [7, 11) is -0.743. The molecule has 4 heterocycles. The van der Waals surface area contributed by atoms with Crippen LogP contribution in [0.1, 0.15) is 97.2 Å². The number of carboxylic acids is 1. The third kappa shape index (κ3) is 7.77. The van der Waals surface area contributed by atoms with Gasteiger partial charge in [-0.3, -0.25) is 13.8 Å². The molecule has 0 aromatic heterocycles. The van der Waals surface area contributed by atoms with Crippen molar-refractivity contribution in [3.8, 4) is 11.5 Å². The Hall–Kier alpha value is -3.65. The first-order valence-corrected chi connectivity index (χ1v) is 20.0. The minimum absolute atomic E-state index is 0.191. The van der Waals surface area contributed by atoms with Crippen molar-refractivity contribution < 1.29 is 33.2 Å². The first-order chi connectivity index (χ1) is 24.2. The maximum absolute atomic E-state index is 13.4. The number of benzene rings is 2. The molecule has 6 rings (SSSR count). The third-order valence-electron chi connectivity index (χ3n) is 10.1. The van der Waals surface area contributed by atoms with E-state index < -0.39 is 62.5 Å². The van der Waals surface area contributed by atoms with Crippen molar-refractivity contribution in [1.29, 1.82) is 0 Å². The van der Waals surface area contributed by atoms with Crippen LogP contribution in [0.25, 0.3) is 0 Å². The van der Waals surface area contributed by atoms with E-state index in [2.05, 4.69) is 19.1 Å². The van der Waals surface area contributed by atoms with Gasteiger partial charge in [-0.1, -0.05) is 82.3 Å². The third-order valence-corrected chi connectivity index (χ3v) is 13.4. The second-order valence-electron chi connectivity index (χ2n) is 14.5. The molecular weight excluding hydrogens is 693 g/mol. The number of nitroso groups, excluding NO2 is 1. The van der Waals surface area contributed by atoms with Crippen LogP contribution in [0.2, 0.25) is 0 Å². The normalized spacial score (nSPS) is 25.1. The molecule has 4 aliphatic rings. The first kappa shape index (κ1) is 38.6. The van der Waals surface area contributed by atoms with E-state index in [1.54, 1.807) is 58.0 Å². The lowest BCUT2D eigenvalue weighted by Gasteiger charge is -2.50. The highest BCUT2D eigenvalue weighted by Crippen LogP contribution is 2.55. The summed E-state index contributed by atoms with van der Waals surface area (Å²) in [6.07, 6.45) is 8.32. The average molecular weight is 743 g/mol. The van der Waals surface area contributed by atoms with Crippen LogP contribution in [0, 0.1) is 4.91 Å². The summed E-state index contributed by atoms with van der Waals surface area (Å²) in [5.41, 5.74) is 0.643. The number of amides is 2. The molecule has 3 fully saturated rings. The van der Waals surface area contributed by atoms with E-state index in [1.807, 2.05) is 18.2 Å². The molecule has 51 heavy (non-hydrogen) atoms. The Labute approximate surface area is 307 Å². The molecule has 1 N–H and O–H groups in total. The number of β-lactam (4-membered cyclic amide) rings is 1. The number of carboxylic acid groups (broad SMARTS) is 1. The fourth-order valence-corrected chi connectivity index (χ4v) is 10.4. The van der Waals surface area contributed by atoms with E-state index in [1.165, 1.54) is 64.2 Å². The van der Waals surface area contributed by atoms with Crippen LogP contribution in [-0.2, 0) is 31.6 Å².